The molecule has 3 nitrogen and oxygen atoms in total. The number of benzene rings is 2. The van der Waals surface area contributed by atoms with E-state index in [1.54, 1.807) is 30.3 Å². The summed E-state index contributed by atoms with van der Waals surface area (Å²) in [6, 6.07) is 12.6. The van der Waals surface area contributed by atoms with Crippen molar-refractivity contribution in [2.75, 3.05) is 11.5 Å². The van der Waals surface area contributed by atoms with Gasteiger partial charge in [0, 0.05) is 22.2 Å². The zero-order valence-corrected chi connectivity index (χ0v) is 13.4. The van der Waals surface area contributed by atoms with Gasteiger partial charge in [-0.3, -0.25) is 4.79 Å². The van der Waals surface area contributed by atoms with Crippen LogP contribution in [0.1, 0.15) is 5.56 Å². The van der Waals surface area contributed by atoms with E-state index in [-0.39, 0.29) is 11.7 Å². The Morgan fingerprint density at radius 1 is 1.14 bits per heavy atom. The van der Waals surface area contributed by atoms with Crippen molar-refractivity contribution in [2.24, 2.45) is 0 Å². The van der Waals surface area contributed by atoms with E-state index in [1.165, 1.54) is 11.8 Å². The standard InChI is InChI=1S/C15H14Cl2N2OS/c16-11-3-1-10(2-4-11)8-19-15(20)9-21-14-7-12(18)5-6-13(14)17/h1-7H,8-9,18H2,(H,19,20). The molecule has 0 aliphatic heterocycles. The highest BCUT2D eigenvalue weighted by Gasteiger charge is 2.06. The molecule has 2 aromatic rings. The van der Waals surface area contributed by atoms with Gasteiger partial charge in [-0.15, -0.1) is 11.8 Å². The SMILES string of the molecule is Nc1ccc(Cl)c(SCC(=O)NCc2ccc(Cl)cc2)c1. The molecule has 0 heterocycles. The van der Waals surface area contributed by atoms with Crippen LogP contribution in [-0.2, 0) is 11.3 Å². The molecule has 0 saturated heterocycles. The first-order chi connectivity index (χ1) is 10.0. The van der Waals surface area contributed by atoms with E-state index in [0.717, 1.165) is 10.5 Å². The van der Waals surface area contributed by atoms with Crippen LogP contribution < -0.4 is 11.1 Å². The lowest BCUT2D eigenvalue weighted by molar-refractivity contribution is -0.118. The van der Waals surface area contributed by atoms with E-state index in [2.05, 4.69) is 5.32 Å². The van der Waals surface area contributed by atoms with Gasteiger partial charge in [-0.1, -0.05) is 35.3 Å². The Hall–Kier alpha value is -1.36. The number of rotatable bonds is 5. The minimum atomic E-state index is -0.0616. The first-order valence-corrected chi connectivity index (χ1v) is 7.98. The highest BCUT2D eigenvalue weighted by molar-refractivity contribution is 8.00. The Morgan fingerprint density at radius 2 is 1.86 bits per heavy atom. The lowest BCUT2D eigenvalue weighted by Crippen LogP contribution is -2.24. The topological polar surface area (TPSA) is 55.1 Å². The second-order valence-corrected chi connectivity index (χ2v) is 6.24. The highest BCUT2D eigenvalue weighted by Crippen LogP contribution is 2.28. The lowest BCUT2D eigenvalue weighted by Gasteiger charge is -2.07. The molecule has 0 aliphatic rings. The van der Waals surface area contributed by atoms with Gasteiger partial charge in [0.25, 0.3) is 0 Å². The summed E-state index contributed by atoms with van der Waals surface area (Å²) < 4.78 is 0. The third-order valence-electron chi connectivity index (χ3n) is 2.72. The van der Waals surface area contributed by atoms with Crippen LogP contribution in [0, 0.1) is 0 Å². The molecule has 0 atom stereocenters. The Labute approximate surface area is 137 Å². The number of nitrogens with two attached hydrogens (primary N) is 1. The van der Waals surface area contributed by atoms with E-state index in [1.807, 2.05) is 12.1 Å². The molecule has 0 bridgehead atoms. The maximum Gasteiger partial charge on any atom is 0.230 e. The van der Waals surface area contributed by atoms with Crippen LogP contribution in [0.3, 0.4) is 0 Å². The van der Waals surface area contributed by atoms with Crippen LogP contribution in [-0.4, -0.2) is 11.7 Å². The van der Waals surface area contributed by atoms with Crippen LogP contribution >= 0.6 is 35.0 Å². The number of carbonyl (C=O) groups excluding carboxylic acids is 1. The molecule has 6 heteroatoms. The smallest absolute Gasteiger partial charge is 0.230 e. The van der Waals surface area contributed by atoms with Crippen molar-refractivity contribution in [3.63, 3.8) is 0 Å². The van der Waals surface area contributed by atoms with Gasteiger partial charge in [0.1, 0.15) is 0 Å². The van der Waals surface area contributed by atoms with E-state index >= 15 is 0 Å². The highest BCUT2D eigenvalue weighted by atomic mass is 35.5. The van der Waals surface area contributed by atoms with Crippen molar-refractivity contribution < 1.29 is 4.79 Å². The van der Waals surface area contributed by atoms with Gasteiger partial charge in [-0.25, -0.2) is 0 Å². The summed E-state index contributed by atoms with van der Waals surface area (Å²) in [4.78, 5) is 12.6. The van der Waals surface area contributed by atoms with Gasteiger partial charge in [0.15, 0.2) is 0 Å². The van der Waals surface area contributed by atoms with E-state index in [0.29, 0.717) is 22.3 Å². The zero-order chi connectivity index (χ0) is 15.2. The maximum atomic E-state index is 11.8. The molecule has 0 saturated carbocycles. The number of halogens is 2. The van der Waals surface area contributed by atoms with Crippen LogP contribution in [0.2, 0.25) is 10.0 Å². The fraction of sp³-hybridized carbons (Fsp3) is 0.133. The van der Waals surface area contributed by atoms with Crippen molar-refractivity contribution >= 4 is 46.6 Å². The predicted molar refractivity (Wildman–Crippen MR) is 89.9 cm³/mol. The van der Waals surface area contributed by atoms with E-state index in [4.69, 9.17) is 28.9 Å². The van der Waals surface area contributed by atoms with Crippen molar-refractivity contribution in [3.8, 4) is 0 Å². The summed E-state index contributed by atoms with van der Waals surface area (Å²) in [6.07, 6.45) is 0. The van der Waals surface area contributed by atoms with Crippen LogP contribution in [0.5, 0.6) is 0 Å². The van der Waals surface area contributed by atoms with Crippen LogP contribution in [0.15, 0.2) is 47.4 Å². The van der Waals surface area contributed by atoms with Gasteiger partial charge < -0.3 is 11.1 Å². The largest absolute Gasteiger partial charge is 0.399 e. The Morgan fingerprint density at radius 3 is 2.57 bits per heavy atom. The molecule has 21 heavy (non-hydrogen) atoms. The number of nitrogens with one attached hydrogen (secondary N) is 1. The third kappa shape index (κ3) is 5.16. The minimum absolute atomic E-state index is 0.0616. The number of amides is 1. The number of hydrogen-bond donors (Lipinski definition) is 2. The second kappa shape index (κ2) is 7.59. The number of thioether (sulfide) groups is 1. The summed E-state index contributed by atoms with van der Waals surface area (Å²) in [5.41, 5.74) is 7.33. The monoisotopic (exact) mass is 340 g/mol. The van der Waals surface area contributed by atoms with Crippen molar-refractivity contribution in [2.45, 2.75) is 11.4 Å². The lowest BCUT2D eigenvalue weighted by atomic mass is 10.2. The van der Waals surface area contributed by atoms with Crippen molar-refractivity contribution in [1.29, 1.82) is 0 Å². The average molecular weight is 341 g/mol. The fourth-order valence-electron chi connectivity index (χ4n) is 1.63. The summed E-state index contributed by atoms with van der Waals surface area (Å²) >= 11 is 13.2. The minimum Gasteiger partial charge on any atom is -0.399 e. The first kappa shape index (κ1) is 16.0. The van der Waals surface area contributed by atoms with E-state index in [9.17, 15) is 4.79 Å². The molecule has 1 amide bonds. The van der Waals surface area contributed by atoms with Gasteiger partial charge in [-0.2, -0.15) is 0 Å². The molecular formula is C15H14Cl2N2OS. The number of hydrogen-bond acceptors (Lipinski definition) is 3. The molecule has 2 aromatic carbocycles. The Bertz CT molecular complexity index is 632. The number of nitrogen functional groups attached to an aromatic ring is 1. The van der Waals surface area contributed by atoms with Crippen molar-refractivity contribution in [1.82, 2.24) is 5.32 Å². The normalized spacial score (nSPS) is 10.4. The molecule has 2 rings (SSSR count). The van der Waals surface area contributed by atoms with Gasteiger partial charge in [0.2, 0.25) is 5.91 Å². The molecular weight excluding hydrogens is 327 g/mol. The van der Waals surface area contributed by atoms with Gasteiger partial charge >= 0.3 is 0 Å². The summed E-state index contributed by atoms with van der Waals surface area (Å²) in [5, 5.41) is 4.12. The van der Waals surface area contributed by atoms with E-state index < -0.39 is 0 Å². The molecule has 0 unspecified atom stereocenters. The van der Waals surface area contributed by atoms with Crippen molar-refractivity contribution in [3.05, 3.63) is 58.1 Å². The first-order valence-electron chi connectivity index (χ1n) is 6.23. The molecule has 3 N–H and O–H groups in total. The van der Waals surface area contributed by atoms with Gasteiger partial charge in [0.05, 0.1) is 10.8 Å². The summed E-state index contributed by atoms with van der Waals surface area (Å²) in [6.45, 7) is 0.473. The average Bonchev–Trinajstić information content (AvgIpc) is 2.47. The van der Waals surface area contributed by atoms with Crippen LogP contribution in [0.25, 0.3) is 0 Å². The molecule has 0 aliphatic carbocycles. The summed E-state index contributed by atoms with van der Waals surface area (Å²) in [5.74, 6) is 0.227. The molecule has 0 aromatic heterocycles. The molecule has 110 valence electrons. The summed E-state index contributed by atoms with van der Waals surface area (Å²) in [7, 11) is 0. The predicted octanol–water partition coefficient (Wildman–Crippen LogP) is 3.98. The Kier molecular flexibility index (Phi) is 5.79. The number of anilines is 1. The van der Waals surface area contributed by atoms with Gasteiger partial charge in [-0.05, 0) is 35.9 Å². The quantitative estimate of drug-likeness (QED) is 0.639. The number of carbonyl (C=O) groups is 1. The maximum absolute atomic E-state index is 11.8. The third-order valence-corrected chi connectivity index (χ3v) is 4.47. The van der Waals surface area contributed by atoms with Crippen LogP contribution in [0.4, 0.5) is 5.69 Å². The zero-order valence-electron chi connectivity index (χ0n) is 11.1. The molecule has 0 fully saturated rings. The molecule has 0 radical (unpaired) electrons. The fourth-order valence-corrected chi connectivity index (χ4v) is 2.85. The second-order valence-electron chi connectivity index (χ2n) is 4.38. The Balaban J connectivity index is 1.82. The molecule has 0 spiro atoms.